The molecule has 1 aliphatic carbocycles. The number of anilines is 2. The Morgan fingerprint density at radius 3 is 1.86 bits per heavy atom. The number of carbonyl (C=O) groups excluding carboxylic acids is 4. The molecule has 1 saturated carbocycles. The summed E-state index contributed by atoms with van der Waals surface area (Å²) < 4.78 is 0. The second-order valence-corrected chi connectivity index (χ2v) is 10.9. The van der Waals surface area contributed by atoms with Crippen LogP contribution in [0.15, 0.2) is 48.5 Å². The van der Waals surface area contributed by atoms with Crippen LogP contribution in [0.1, 0.15) is 74.6 Å². The van der Waals surface area contributed by atoms with Gasteiger partial charge in [0.15, 0.2) is 11.6 Å². The van der Waals surface area contributed by atoms with Gasteiger partial charge in [-0.05, 0) is 68.2 Å². The lowest BCUT2D eigenvalue weighted by atomic mass is 9.62. The predicted molar refractivity (Wildman–Crippen MR) is 142 cm³/mol. The molecule has 0 saturated heterocycles. The summed E-state index contributed by atoms with van der Waals surface area (Å²) in [6.45, 7) is 9.87. The fourth-order valence-electron chi connectivity index (χ4n) is 5.32. The normalized spacial score (nSPS) is 20.6. The molecule has 0 radical (unpaired) electrons. The van der Waals surface area contributed by atoms with E-state index in [4.69, 9.17) is 0 Å². The van der Waals surface area contributed by atoms with Crippen LogP contribution in [0.25, 0.3) is 0 Å². The third-order valence-corrected chi connectivity index (χ3v) is 6.51. The lowest BCUT2D eigenvalue weighted by Gasteiger charge is -2.46. The molecule has 0 heterocycles. The van der Waals surface area contributed by atoms with Gasteiger partial charge in [-0.15, -0.1) is 0 Å². The zero-order valence-corrected chi connectivity index (χ0v) is 21.7. The van der Waals surface area contributed by atoms with E-state index in [2.05, 4.69) is 42.0 Å². The van der Waals surface area contributed by atoms with E-state index >= 15 is 0 Å². The van der Waals surface area contributed by atoms with Crippen molar-refractivity contribution in [2.75, 3.05) is 17.2 Å². The highest BCUT2D eigenvalue weighted by Crippen LogP contribution is 2.45. The van der Waals surface area contributed by atoms with Gasteiger partial charge >= 0.3 is 12.1 Å². The minimum absolute atomic E-state index is 0.0343. The topological polar surface area (TPSA) is 116 Å². The van der Waals surface area contributed by atoms with Crippen LogP contribution in [0.4, 0.5) is 21.0 Å². The summed E-state index contributed by atoms with van der Waals surface area (Å²) in [4.78, 5) is 48.5. The summed E-state index contributed by atoms with van der Waals surface area (Å²) in [5, 5.41) is 11.7. The van der Waals surface area contributed by atoms with Crippen molar-refractivity contribution < 1.29 is 19.2 Å². The highest BCUT2D eigenvalue weighted by atomic mass is 16.2. The molecule has 0 spiro atoms. The minimum atomic E-state index is -0.340. The molecule has 2 aromatic rings. The smallest absolute Gasteiger partial charge is 0.319 e. The largest absolute Gasteiger partial charge is 0.337 e. The molecular formula is C28H36N4O4. The van der Waals surface area contributed by atoms with E-state index in [1.54, 1.807) is 48.5 Å². The first-order valence-electron chi connectivity index (χ1n) is 12.2. The Morgan fingerprint density at radius 1 is 0.806 bits per heavy atom. The van der Waals surface area contributed by atoms with Gasteiger partial charge < -0.3 is 21.3 Å². The molecule has 0 aliphatic heterocycles. The summed E-state index contributed by atoms with van der Waals surface area (Å²) in [6.07, 6.45) is 2.41. The van der Waals surface area contributed by atoms with Crippen molar-refractivity contribution in [1.82, 2.24) is 10.6 Å². The van der Waals surface area contributed by atoms with Crippen LogP contribution < -0.4 is 21.3 Å². The highest BCUT2D eigenvalue weighted by molar-refractivity contribution is 5.97. The van der Waals surface area contributed by atoms with Crippen molar-refractivity contribution in [2.24, 2.45) is 10.8 Å². The number of urea groups is 2. The van der Waals surface area contributed by atoms with Gasteiger partial charge in [0.2, 0.25) is 0 Å². The molecule has 1 aliphatic rings. The average Bonchev–Trinajstić information content (AvgIpc) is 2.76. The van der Waals surface area contributed by atoms with Gasteiger partial charge in [0.1, 0.15) is 0 Å². The molecule has 0 aromatic heterocycles. The first kappa shape index (κ1) is 26.9. The van der Waals surface area contributed by atoms with E-state index in [9.17, 15) is 19.2 Å². The molecule has 36 heavy (non-hydrogen) atoms. The summed E-state index contributed by atoms with van der Waals surface area (Å²) in [7, 11) is 0. The van der Waals surface area contributed by atoms with Gasteiger partial charge in [0.25, 0.3) is 0 Å². The monoisotopic (exact) mass is 492 g/mol. The van der Waals surface area contributed by atoms with Gasteiger partial charge in [-0.3, -0.25) is 9.59 Å². The molecule has 8 heteroatoms. The first-order chi connectivity index (χ1) is 16.8. The predicted octanol–water partition coefficient (Wildman–Crippen LogP) is 5.62. The third kappa shape index (κ3) is 7.66. The molecule has 0 unspecified atom stereocenters. The summed E-state index contributed by atoms with van der Waals surface area (Å²) in [5.41, 5.74) is 1.93. The minimum Gasteiger partial charge on any atom is -0.337 e. The number of ketones is 2. The quantitative estimate of drug-likeness (QED) is 0.375. The molecule has 1 fully saturated rings. The van der Waals surface area contributed by atoms with E-state index in [-0.39, 0.29) is 40.5 Å². The number of amides is 4. The molecular weight excluding hydrogens is 456 g/mol. The fraction of sp³-hybridized carbons (Fsp3) is 0.429. The average molecular weight is 493 g/mol. The molecule has 4 N–H and O–H groups in total. The summed E-state index contributed by atoms with van der Waals surface area (Å²) >= 11 is 0. The number of carbonyl (C=O) groups is 4. The maximum absolute atomic E-state index is 12.7. The number of Topliss-reactive ketones (excluding diaryl/α,β-unsaturated/α-hetero) is 2. The zero-order valence-electron chi connectivity index (χ0n) is 21.7. The van der Waals surface area contributed by atoms with Crippen molar-refractivity contribution in [3.05, 3.63) is 59.7 Å². The SMILES string of the molecule is CC(=O)c1cccc(NC(=O)NC[C@@]2(C)C[C@@H](NC(=O)Nc3cccc(C(C)=O)c3)CC(C)(C)C2)c1. The highest BCUT2D eigenvalue weighted by Gasteiger charge is 2.41. The third-order valence-electron chi connectivity index (χ3n) is 6.51. The summed E-state index contributed by atoms with van der Waals surface area (Å²) in [6, 6.07) is 12.9. The van der Waals surface area contributed by atoms with Gasteiger partial charge in [-0.25, -0.2) is 9.59 Å². The van der Waals surface area contributed by atoms with Crippen molar-refractivity contribution in [2.45, 2.75) is 59.9 Å². The number of nitrogens with one attached hydrogen (secondary N) is 4. The van der Waals surface area contributed by atoms with E-state index in [0.717, 1.165) is 12.8 Å². The number of rotatable bonds is 7. The van der Waals surface area contributed by atoms with E-state index in [1.807, 2.05) is 0 Å². The van der Waals surface area contributed by atoms with Crippen molar-refractivity contribution in [3.63, 3.8) is 0 Å². The van der Waals surface area contributed by atoms with Crippen LogP contribution in [0.5, 0.6) is 0 Å². The lowest BCUT2D eigenvalue weighted by Crippen LogP contribution is -2.51. The van der Waals surface area contributed by atoms with Crippen LogP contribution in [-0.4, -0.2) is 36.2 Å². The molecule has 8 nitrogen and oxygen atoms in total. The number of hydrogen-bond donors (Lipinski definition) is 4. The second-order valence-electron chi connectivity index (χ2n) is 10.9. The maximum atomic E-state index is 12.7. The maximum Gasteiger partial charge on any atom is 0.319 e. The van der Waals surface area contributed by atoms with Crippen LogP contribution in [0.3, 0.4) is 0 Å². The van der Waals surface area contributed by atoms with E-state index in [0.29, 0.717) is 35.5 Å². The standard InChI is InChI=1S/C28H36N4O4/c1-18(33)20-8-6-10-22(12-20)30-25(35)29-17-28(5)15-24(14-27(3,4)16-28)32-26(36)31-23-11-7-9-21(13-23)19(2)34/h6-13,24H,14-17H2,1-5H3,(H2,29,30,35)(H2,31,32,36)/t24-,28-/m0/s1. The van der Waals surface area contributed by atoms with Crippen LogP contribution in [0, 0.1) is 10.8 Å². The fourth-order valence-corrected chi connectivity index (χ4v) is 5.32. The Morgan fingerprint density at radius 2 is 1.33 bits per heavy atom. The van der Waals surface area contributed by atoms with Crippen LogP contribution >= 0.6 is 0 Å². The molecule has 0 bridgehead atoms. The lowest BCUT2D eigenvalue weighted by molar-refractivity contribution is 0.0761. The van der Waals surface area contributed by atoms with Gasteiger partial charge in [0.05, 0.1) is 0 Å². The zero-order chi connectivity index (χ0) is 26.5. The summed E-state index contributed by atoms with van der Waals surface area (Å²) in [5.74, 6) is -0.128. The Bertz CT molecular complexity index is 1160. The first-order valence-corrected chi connectivity index (χ1v) is 12.2. The molecule has 2 atom stereocenters. The molecule has 192 valence electrons. The number of benzene rings is 2. The van der Waals surface area contributed by atoms with Crippen LogP contribution in [0.2, 0.25) is 0 Å². The Kier molecular flexibility index (Phi) is 8.17. The Hall–Kier alpha value is -3.68. The van der Waals surface area contributed by atoms with Crippen molar-refractivity contribution in [1.29, 1.82) is 0 Å². The van der Waals surface area contributed by atoms with Crippen LogP contribution in [-0.2, 0) is 0 Å². The Labute approximate surface area is 212 Å². The van der Waals surface area contributed by atoms with Gasteiger partial charge in [-0.1, -0.05) is 45.0 Å². The molecule has 4 amide bonds. The Balaban J connectivity index is 1.58. The van der Waals surface area contributed by atoms with Crippen molar-refractivity contribution in [3.8, 4) is 0 Å². The second kappa shape index (κ2) is 10.9. The van der Waals surface area contributed by atoms with E-state index < -0.39 is 0 Å². The number of hydrogen-bond acceptors (Lipinski definition) is 4. The van der Waals surface area contributed by atoms with Crippen molar-refractivity contribution >= 4 is 35.0 Å². The van der Waals surface area contributed by atoms with Gasteiger partial charge in [-0.2, -0.15) is 0 Å². The molecule has 2 aromatic carbocycles. The van der Waals surface area contributed by atoms with E-state index in [1.165, 1.54) is 13.8 Å². The molecule has 3 rings (SSSR count). The van der Waals surface area contributed by atoms with Gasteiger partial charge in [0, 0.05) is 35.1 Å².